The van der Waals surface area contributed by atoms with Crippen LogP contribution in [0.5, 0.6) is 0 Å². The smallest absolute Gasteiger partial charge is 0.0850 e. The molecule has 2 aliphatic heterocycles. The Hall–Kier alpha value is -1.38. The zero-order chi connectivity index (χ0) is 11.9. The van der Waals surface area contributed by atoms with Crippen molar-refractivity contribution in [1.82, 2.24) is 0 Å². The molecule has 2 nitrogen and oxygen atoms in total. The second-order valence-electron chi connectivity index (χ2n) is 5.29. The van der Waals surface area contributed by atoms with E-state index in [1.165, 1.54) is 21.9 Å². The fourth-order valence-corrected chi connectivity index (χ4v) is 2.57. The zero-order valence-corrected chi connectivity index (χ0v) is 10.3. The minimum absolute atomic E-state index is 0.450. The molecule has 0 aliphatic carbocycles. The molecule has 4 rings (SSSR count). The average Bonchev–Trinajstić information content (AvgIpc) is 3.25. The molecule has 0 bridgehead atoms. The minimum Gasteiger partial charge on any atom is -0.373 e. The van der Waals surface area contributed by atoms with Crippen LogP contribution in [0.25, 0.3) is 10.8 Å². The Morgan fingerprint density at radius 3 is 2.50 bits per heavy atom. The summed E-state index contributed by atoms with van der Waals surface area (Å²) in [5.41, 5.74) is 2.79. The van der Waals surface area contributed by atoms with E-state index >= 15 is 0 Å². The van der Waals surface area contributed by atoms with Gasteiger partial charge in [0.05, 0.1) is 25.4 Å². The van der Waals surface area contributed by atoms with E-state index in [-0.39, 0.29) is 0 Å². The van der Waals surface area contributed by atoms with E-state index in [9.17, 15) is 0 Å². The van der Waals surface area contributed by atoms with Crippen molar-refractivity contribution in [2.24, 2.45) is 0 Å². The molecule has 2 atom stereocenters. The van der Waals surface area contributed by atoms with Crippen LogP contribution >= 0.6 is 0 Å². The summed E-state index contributed by atoms with van der Waals surface area (Å²) in [6, 6.07) is 13.3. The Bertz CT molecular complexity index is 583. The van der Waals surface area contributed by atoms with Crippen LogP contribution in [0.1, 0.15) is 11.1 Å². The quantitative estimate of drug-likeness (QED) is 0.768. The lowest BCUT2D eigenvalue weighted by Crippen LogP contribution is -1.96. The Morgan fingerprint density at radius 2 is 1.72 bits per heavy atom. The molecule has 18 heavy (non-hydrogen) atoms. The fourth-order valence-electron chi connectivity index (χ4n) is 2.57. The standard InChI is InChI=1S/C16H16O2/c1-2-12-5-4-11(6-14-9-17-14)7-16(12)13(3-1)8-15-10-18-15/h1-5,7,14-15H,6,8-10H2. The highest BCUT2D eigenvalue weighted by Gasteiger charge is 2.24. The first-order chi connectivity index (χ1) is 8.88. The van der Waals surface area contributed by atoms with Crippen molar-refractivity contribution in [1.29, 1.82) is 0 Å². The molecule has 2 fully saturated rings. The number of epoxide rings is 2. The van der Waals surface area contributed by atoms with Gasteiger partial charge < -0.3 is 9.47 Å². The third-order valence-corrected chi connectivity index (χ3v) is 3.75. The van der Waals surface area contributed by atoms with Gasteiger partial charge >= 0.3 is 0 Å². The van der Waals surface area contributed by atoms with Crippen LogP contribution in [-0.4, -0.2) is 25.4 Å². The van der Waals surface area contributed by atoms with Gasteiger partial charge in [0.25, 0.3) is 0 Å². The van der Waals surface area contributed by atoms with E-state index in [2.05, 4.69) is 36.4 Å². The second kappa shape index (κ2) is 4.08. The number of hydrogen-bond donors (Lipinski definition) is 0. The third kappa shape index (κ3) is 2.14. The van der Waals surface area contributed by atoms with E-state index < -0.39 is 0 Å². The number of fused-ring (bicyclic) bond motifs is 1. The predicted octanol–water partition coefficient (Wildman–Crippen LogP) is 2.72. The van der Waals surface area contributed by atoms with Gasteiger partial charge in [-0.05, 0) is 21.9 Å². The lowest BCUT2D eigenvalue weighted by molar-refractivity contribution is 0.407. The summed E-state index contributed by atoms with van der Waals surface area (Å²) in [6.45, 7) is 1.85. The van der Waals surface area contributed by atoms with Gasteiger partial charge in [-0.3, -0.25) is 0 Å². The molecule has 0 spiro atoms. The van der Waals surface area contributed by atoms with Gasteiger partial charge in [0.15, 0.2) is 0 Å². The number of benzene rings is 2. The Kier molecular flexibility index (Phi) is 2.39. The van der Waals surface area contributed by atoms with Gasteiger partial charge in [-0.15, -0.1) is 0 Å². The molecule has 92 valence electrons. The zero-order valence-electron chi connectivity index (χ0n) is 10.3. The molecule has 0 N–H and O–H groups in total. The van der Waals surface area contributed by atoms with E-state index in [1.807, 2.05) is 0 Å². The van der Waals surface area contributed by atoms with Crippen molar-refractivity contribution in [3.05, 3.63) is 47.5 Å². The highest BCUT2D eigenvalue weighted by atomic mass is 16.6. The van der Waals surface area contributed by atoms with E-state index in [4.69, 9.17) is 9.47 Å². The first-order valence-electron chi connectivity index (χ1n) is 6.62. The van der Waals surface area contributed by atoms with Gasteiger partial charge in [0.2, 0.25) is 0 Å². The van der Waals surface area contributed by atoms with E-state index in [0.29, 0.717) is 12.2 Å². The molecule has 2 heterocycles. The molecule has 2 saturated heterocycles. The molecular formula is C16H16O2. The van der Waals surface area contributed by atoms with Crippen LogP contribution in [0.3, 0.4) is 0 Å². The Balaban J connectivity index is 1.73. The summed E-state index contributed by atoms with van der Waals surface area (Å²) in [4.78, 5) is 0. The van der Waals surface area contributed by atoms with Crippen LogP contribution in [0.4, 0.5) is 0 Å². The van der Waals surface area contributed by atoms with Gasteiger partial charge in [-0.2, -0.15) is 0 Å². The topological polar surface area (TPSA) is 25.1 Å². The van der Waals surface area contributed by atoms with Crippen molar-refractivity contribution < 1.29 is 9.47 Å². The van der Waals surface area contributed by atoms with Crippen molar-refractivity contribution >= 4 is 10.8 Å². The molecular weight excluding hydrogens is 224 g/mol. The van der Waals surface area contributed by atoms with Crippen molar-refractivity contribution in [2.75, 3.05) is 13.2 Å². The first kappa shape index (κ1) is 10.5. The number of ether oxygens (including phenoxy) is 2. The Labute approximate surface area is 107 Å². The van der Waals surface area contributed by atoms with Crippen LogP contribution in [0.15, 0.2) is 36.4 Å². The van der Waals surface area contributed by atoms with Crippen molar-refractivity contribution in [2.45, 2.75) is 25.0 Å². The van der Waals surface area contributed by atoms with Crippen LogP contribution in [0.2, 0.25) is 0 Å². The van der Waals surface area contributed by atoms with Gasteiger partial charge in [-0.1, -0.05) is 36.4 Å². The number of hydrogen-bond acceptors (Lipinski definition) is 2. The lowest BCUT2D eigenvalue weighted by atomic mass is 9.97. The van der Waals surface area contributed by atoms with Gasteiger partial charge in [-0.25, -0.2) is 0 Å². The highest BCUT2D eigenvalue weighted by Crippen LogP contribution is 2.26. The molecule has 2 aromatic rings. The predicted molar refractivity (Wildman–Crippen MR) is 70.8 cm³/mol. The van der Waals surface area contributed by atoms with Crippen LogP contribution in [-0.2, 0) is 22.3 Å². The summed E-state index contributed by atoms with van der Waals surface area (Å²) in [5, 5.41) is 2.71. The molecule has 0 radical (unpaired) electrons. The van der Waals surface area contributed by atoms with E-state index in [1.54, 1.807) is 0 Å². The minimum atomic E-state index is 0.450. The van der Waals surface area contributed by atoms with Crippen molar-refractivity contribution in [3.8, 4) is 0 Å². The monoisotopic (exact) mass is 240 g/mol. The second-order valence-corrected chi connectivity index (χ2v) is 5.29. The summed E-state index contributed by atoms with van der Waals surface area (Å²) >= 11 is 0. The van der Waals surface area contributed by atoms with Crippen LogP contribution < -0.4 is 0 Å². The maximum Gasteiger partial charge on any atom is 0.0850 e. The van der Waals surface area contributed by atoms with Crippen LogP contribution in [0, 0.1) is 0 Å². The maximum atomic E-state index is 5.35. The summed E-state index contributed by atoms with van der Waals surface area (Å²) in [7, 11) is 0. The maximum absolute atomic E-state index is 5.35. The summed E-state index contributed by atoms with van der Waals surface area (Å²) < 4.78 is 10.7. The normalized spacial score (nSPS) is 25.3. The number of rotatable bonds is 4. The lowest BCUT2D eigenvalue weighted by Gasteiger charge is -2.07. The SMILES string of the molecule is c1cc(CC2CO2)c2cc(CC3CO3)ccc2c1. The fraction of sp³-hybridized carbons (Fsp3) is 0.375. The van der Waals surface area contributed by atoms with Gasteiger partial charge in [0, 0.05) is 12.8 Å². The first-order valence-corrected chi connectivity index (χ1v) is 6.62. The largest absolute Gasteiger partial charge is 0.373 e. The summed E-state index contributed by atoms with van der Waals surface area (Å²) in [5.74, 6) is 0. The van der Waals surface area contributed by atoms with E-state index in [0.717, 1.165) is 26.1 Å². The average molecular weight is 240 g/mol. The highest BCUT2D eigenvalue weighted by molar-refractivity contribution is 5.86. The summed E-state index contributed by atoms with van der Waals surface area (Å²) in [6.07, 6.45) is 3.00. The molecule has 2 unspecified atom stereocenters. The molecule has 2 heteroatoms. The molecule has 0 aromatic heterocycles. The third-order valence-electron chi connectivity index (χ3n) is 3.75. The molecule has 2 aliphatic rings. The van der Waals surface area contributed by atoms with Gasteiger partial charge in [0.1, 0.15) is 0 Å². The molecule has 2 aromatic carbocycles. The van der Waals surface area contributed by atoms with Crippen molar-refractivity contribution in [3.63, 3.8) is 0 Å². The molecule has 0 saturated carbocycles. The molecule has 0 amide bonds. The Morgan fingerprint density at radius 1 is 0.944 bits per heavy atom.